The number of hydrogen-bond donors (Lipinski definition) is 0. The summed E-state index contributed by atoms with van der Waals surface area (Å²) in [5.41, 5.74) is 0.00917. The summed E-state index contributed by atoms with van der Waals surface area (Å²) in [6.45, 7) is 8.93. The molecule has 0 aromatic carbocycles. The second-order valence-electron chi connectivity index (χ2n) is 7.07. The third kappa shape index (κ3) is 1.16. The Hall–Kier alpha value is -0.530. The average Bonchev–Trinajstić information content (AvgIpc) is 2.45. The third-order valence-corrected chi connectivity index (χ3v) is 5.24. The van der Waals surface area contributed by atoms with Crippen LogP contribution in [0.25, 0.3) is 0 Å². The predicted octanol–water partition coefficient (Wildman–Crippen LogP) is 2.68. The highest BCUT2D eigenvalue weighted by Crippen LogP contribution is 2.56. The zero-order valence-electron chi connectivity index (χ0n) is 10.9. The van der Waals surface area contributed by atoms with E-state index in [-0.39, 0.29) is 5.54 Å². The molecule has 2 nitrogen and oxygen atoms in total. The first-order valence-corrected chi connectivity index (χ1v) is 6.74. The largest absolute Gasteiger partial charge is 0.334 e. The van der Waals surface area contributed by atoms with E-state index >= 15 is 0 Å². The van der Waals surface area contributed by atoms with Gasteiger partial charge in [0.05, 0.1) is 0 Å². The first-order chi connectivity index (χ1) is 7.41. The van der Waals surface area contributed by atoms with Crippen molar-refractivity contribution in [2.45, 2.75) is 58.5 Å². The lowest BCUT2D eigenvalue weighted by Gasteiger charge is -2.49. The van der Waals surface area contributed by atoms with Crippen LogP contribution >= 0.6 is 0 Å². The number of rotatable bonds is 0. The van der Waals surface area contributed by atoms with Gasteiger partial charge in [-0.15, -0.1) is 0 Å². The zero-order valence-corrected chi connectivity index (χ0v) is 10.9. The fourth-order valence-corrected chi connectivity index (χ4v) is 4.60. The molecule has 5 unspecified atom stereocenters. The molecule has 1 amide bonds. The summed E-state index contributed by atoms with van der Waals surface area (Å²) in [7, 11) is 0. The normalized spacial score (nSPS) is 46.6. The van der Waals surface area contributed by atoms with Crippen LogP contribution in [0.15, 0.2) is 0 Å². The maximum absolute atomic E-state index is 12.5. The lowest BCUT2D eigenvalue weighted by molar-refractivity contribution is -0.136. The molecule has 1 heterocycles. The molecule has 5 atom stereocenters. The van der Waals surface area contributed by atoms with E-state index in [0.29, 0.717) is 23.8 Å². The van der Waals surface area contributed by atoms with Crippen LogP contribution in [0.4, 0.5) is 0 Å². The summed E-state index contributed by atoms with van der Waals surface area (Å²) < 4.78 is 0. The second kappa shape index (κ2) is 3.02. The summed E-state index contributed by atoms with van der Waals surface area (Å²) in [4.78, 5) is 14.7. The van der Waals surface area contributed by atoms with Gasteiger partial charge in [-0.25, -0.2) is 0 Å². The highest BCUT2D eigenvalue weighted by Gasteiger charge is 2.60. The first kappa shape index (κ1) is 10.6. The van der Waals surface area contributed by atoms with Gasteiger partial charge >= 0.3 is 0 Å². The van der Waals surface area contributed by atoms with Crippen LogP contribution in [0.2, 0.25) is 0 Å². The molecular weight excluding hydrogens is 198 g/mol. The third-order valence-electron chi connectivity index (χ3n) is 5.24. The molecule has 0 N–H and O–H groups in total. The minimum atomic E-state index is 0.00917. The van der Waals surface area contributed by atoms with Crippen LogP contribution in [-0.4, -0.2) is 22.4 Å². The lowest BCUT2D eigenvalue weighted by atomic mass is 9.60. The van der Waals surface area contributed by atoms with E-state index in [4.69, 9.17) is 0 Å². The maximum Gasteiger partial charge on any atom is 0.226 e. The Morgan fingerprint density at radius 2 is 1.94 bits per heavy atom. The quantitative estimate of drug-likeness (QED) is 0.616. The van der Waals surface area contributed by atoms with Crippen LogP contribution in [0.5, 0.6) is 0 Å². The van der Waals surface area contributed by atoms with Gasteiger partial charge in [0.1, 0.15) is 0 Å². The number of carbonyl (C=O) groups is 1. The van der Waals surface area contributed by atoms with Crippen molar-refractivity contribution in [3.8, 4) is 0 Å². The summed E-state index contributed by atoms with van der Waals surface area (Å²) in [6, 6.07) is 0.546. The van der Waals surface area contributed by atoms with Crippen molar-refractivity contribution in [2.75, 3.05) is 0 Å². The fraction of sp³-hybridized carbons (Fsp3) is 0.929. The Bertz CT molecular complexity index is 330. The summed E-state index contributed by atoms with van der Waals surface area (Å²) >= 11 is 0. The van der Waals surface area contributed by atoms with Crippen LogP contribution in [-0.2, 0) is 4.79 Å². The number of likely N-dealkylation sites (tertiary alicyclic amines) is 1. The van der Waals surface area contributed by atoms with Gasteiger partial charge < -0.3 is 4.90 Å². The number of hydrogen-bond acceptors (Lipinski definition) is 1. The first-order valence-electron chi connectivity index (χ1n) is 6.74. The van der Waals surface area contributed by atoms with Gasteiger partial charge in [-0.05, 0) is 57.8 Å². The molecule has 2 heteroatoms. The summed E-state index contributed by atoms with van der Waals surface area (Å²) in [5, 5.41) is 0. The van der Waals surface area contributed by atoms with Crippen LogP contribution < -0.4 is 0 Å². The van der Waals surface area contributed by atoms with Gasteiger partial charge in [0.15, 0.2) is 0 Å². The monoisotopic (exact) mass is 221 g/mol. The fourth-order valence-electron chi connectivity index (χ4n) is 4.60. The molecule has 1 aliphatic heterocycles. The summed E-state index contributed by atoms with van der Waals surface area (Å²) in [6.07, 6.45) is 3.83. The van der Waals surface area contributed by atoms with Gasteiger partial charge in [-0.1, -0.05) is 6.92 Å². The van der Waals surface area contributed by atoms with Crippen molar-refractivity contribution in [3.63, 3.8) is 0 Å². The summed E-state index contributed by atoms with van der Waals surface area (Å²) in [5.74, 6) is 3.04. The predicted molar refractivity (Wildman–Crippen MR) is 63.9 cm³/mol. The Morgan fingerprint density at radius 3 is 2.56 bits per heavy atom. The smallest absolute Gasteiger partial charge is 0.226 e. The number of nitrogens with zero attached hydrogens (tertiary/aromatic N) is 1. The molecule has 0 aromatic rings. The van der Waals surface area contributed by atoms with Crippen molar-refractivity contribution in [1.82, 2.24) is 4.90 Å². The number of carbonyl (C=O) groups excluding carboxylic acids is 1. The molecule has 4 rings (SSSR count). The second-order valence-corrected chi connectivity index (χ2v) is 7.07. The van der Waals surface area contributed by atoms with Crippen molar-refractivity contribution < 1.29 is 4.79 Å². The Labute approximate surface area is 98.4 Å². The maximum atomic E-state index is 12.5. The van der Waals surface area contributed by atoms with Crippen LogP contribution in [0, 0.1) is 23.7 Å². The highest BCUT2D eigenvalue weighted by atomic mass is 16.2. The highest BCUT2D eigenvalue weighted by molar-refractivity contribution is 5.83. The van der Waals surface area contributed by atoms with E-state index in [0.717, 1.165) is 11.8 Å². The molecule has 0 spiro atoms. The molecule has 0 aromatic heterocycles. The molecule has 90 valence electrons. The Kier molecular flexibility index (Phi) is 2.01. The molecule has 4 aliphatic rings. The van der Waals surface area contributed by atoms with E-state index < -0.39 is 0 Å². The van der Waals surface area contributed by atoms with Crippen molar-refractivity contribution in [1.29, 1.82) is 0 Å². The van der Waals surface area contributed by atoms with Crippen LogP contribution in [0.3, 0.4) is 0 Å². The van der Waals surface area contributed by atoms with E-state index in [1.165, 1.54) is 19.3 Å². The van der Waals surface area contributed by atoms with Gasteiger partial charge in [0.25, 0.3) is 0 Å². The molecule has 16 heavy (non-hydrogen) atoms. The molecule has 4 fully saturated rings. The average molecular weight is 221 g/mol. The Morgan fingerprint density at radius 1 is 1.25 bits per heavy atom. The number of fused-ring (bicyclic) bond motifs is 1. The minimum Gasteiger partial charge on any atom is -0.334 e. The molecule has 1 saturated heterocycles. The molecular formula is C14H23NO. The minimum absolute atomic E-state index is 0.00917. The van der Waals surface area contributed by atoms with Crippen LogP contribution in [0.1, 0.15) is 47.0 Å². The molecule has 3 aliphatic carbocycles. The van der Waals surface area contributed by atoms with Crippen molar-refractivity contribution >= 4 is 5.91 Å². The van der Waals surface area contributed by atoms with Gasteiger partial charge in [0.2, 0.25) is 5.91 Å². The van der Waals surface area contributed by atoms with E-state index in [9.17, 15) is 4.79 Å². The molecule has 4 bridgehead atoms. The van der Waals surface area contributed by atoms with Gasteiger partial charge in [0, 0.05) is 17.5 Å². The zero-order chi connectivity index (χ0) is 11.7. The lowest BCUT2D eigenvalue weighted by Crippen LogP contribution is -2.53. The molecule has 3 saturated carbocycles. The standard InChI is InChI=1S/C14H23NO/c1-8-9-5-6-10-11(7-9)13(16)15(12(8)10)14(2,3)4/h8-12H,5-7H2,1-4H3. The Balaban J connectivity index is 2.02. The van der Waals surface area contributed by atoms with Crippen molar-refractivity contribution in [2.24, 2.45) is 23.7 Å². The van der Waals surface area contributed by atoms with E-state index in [2.05, 4.69) is 32.6 Å². The topological polar surface area (TPSA) is 20.3 Å². The van der Waals surface area contributed by atoms with E-state index in [1.807, 2.05) is 0 Å². The van der Waals surface area contributed by atoms with E-state index in [1.54, 1.807) is 0 Å². The molecule has 0 radical (unpaired) electrons. The number of amides is 1. The SMILES string of the molecule is CC1C2CCC3C(C2)C(=O)N(C(C)(C)C)C13. The van der Waals surface area contributed by atoms with Gasteiger partial charge in [-0.2, -0.15) is 0 Å². The van der Waals surface area contributed by atoms with Crippen molar-refractivity contribution in [3.05, 3.63) is 0 Å². The van der Waals surface area contributed by atoms with Gasteiger partial charge in [-0.3, -0.25) is 4.79 Å².